The van der Waals surface area contributed by atoms with Gasteiger partial charge in [-0.1, -0.05) is 6.07 Å². The summed E-state index contributed by atoms with van der Waals surface area (Å²) in [6, 6.07) is 3.08. The minimum absolute atomic E-state index is 0.166. The molecular weight excluding hydrogens is 216 g/mol. The summed E-state index contributed by atoms with van der Waals surface area (Å²) in [5.74, 6) is -0.518. The van der Waals surface area contributed by atoms with E-state index >= 15 is 0 Å². The van der Waals surface area contributed by atoms with Gasteiger partial charge in [-0.15, -0.1) is 0 Å². The number of nitrogens with zero attached hydrogens (tertiary/aromatic N) is 1. The van der Waals surface area contributed by atoms with Crippen LogP contribution in [0.3, 0.4) is 0 Å². The SMILES string of the molecule is CCOC(=O)Cc1ccc(C)nc1C(F)F. The number of halogens is 2. The highest BCUT2D eigenvalue weighted by molar-refractivity contribution is 5.72. The lowest BCUT2D eigenvalue weighted by molar-refractivity contribution is -0.142. The van der Waals surface area contributed by atoms with E-state index in [9.17, 15) is 13.6 Å². The maximum Gasteiger partial charge on any atom is 0.310 e. The topological polar surface area (TPSA) is 39.2 Å². The minimum atomic E-state index is -2.68. The fraction of sp³-hybridized carbons (Fsp3) is 0.455. The molecule has 0 N–H and O–H groups in total. The summed E-state index contributed by atoms with van der Waals surface area (Å²) < 4.78 is 30.0. The molecule has 0 aliphatic heterocycles. The molecule has 0 saturated carbocycles. The zero-order valence-corrected chi connectivity index (χ0v) is 9.17. The van der Waals surface area contributed by atoms with E-state index in [0.29, 0.717) is 5.69 Å². The van der Waals surface area contributed by atoms with Gasteiger partial charge in [0.25, 0.3) is 6.43 Å². The van der Waals surface area contributed by atoms with Crippen molar-refractivity contribution < 1.29 is 18.3 Å². The molecule has 0 bridgehead atoms. The van der Waals surface area contributed by atoms with Gasteiger partial charge in [0.1, 0.15) is 5.69 Å². The second kappa shape index (κ2) is 5.53. The van der Waals surface area contributed by atoms with Crippen molar-refractivity contribution in [1.29, 1.82) is 0 Å². The predicted molar refractivity (Wildman–Crippen MR) is 54.3 cm³/mol. The van der Waals surface area contributed by atoms with E-state index in [1.807, 2.05) is 0 Å². The molecule has 0 atom stereocenters. The first kappa shape index (κ1) is 12.5. The molecule has 5 heteroatoms. The number of hydrogen-bond acceptors (Lipinski definition) is 3. The van der Waals surface area contributed by atoms with E-state index in [-0.39, 0.29) is 24.3 Å². The van der Waals surface area contributed by atoms with Crippen LogP contribution in [-0.4, -0.2) is 17.6 Å². The van der Waals surface area contributed by atoms with Crippen molar-refractivity contribution in [1.82, 2.24) is 4.98 Å². The van der Waals surface area contributed by atoms with Gasteiger partial charge in [0, 0.05) is 5.69 Å². The molecule has 1 aromatic rings. The molecule has 0 unspecified atom stereocenters. The fourth-order valence-corrected chi connectivity index (χ4v) is 1.31. The summed E-state index contributed by atoms with van der Waals surface area (Å²) in [5, 5.41) is 0. The number of esters is 1. The van der Waals surface area contributed by atoms with Crippen LogP contribution in [0, 0.1) is 6.92 Å². The molecule has 3 nitrogen and oxygen atoms in total. The lowest BCUT2D eigenvalue weighted by Gasteiger charge is -2.08. The zero-order valence-electron chi connectivity index (χ0n) is 9.17. The van der Waals surface area contributed by atoms with Gasteiger partial charge in [0.05, 0.1) is 13.0 Å². The molecule has 1 heterocycles. The molecular formula is C11H13F2NO2. The van der Waals surface area contributed by atoms with Gasteiger partial charge in [0.2, 0.25) is 0 Å². The number of carbonyl (C=O) groups is 1. The molecule has 88 valence electrons. The third-order valence-corrected chi connectivity index (χ3v) is 2.00. The number of aromatic nitrogens is 1. The molecule has 0 aliphatic carbocycles. The fourth-order valence-electron chi connectivity index (χ4n) is 1.31. The molecule has 0 radical (unpaired) electrons. The van der Waals surface area contributed by atoms with Crippen LogP contribution in [-0.2, 0) is 16.0 Å². The maximum atomic E-state index is 12.6. The van der Waals surface area contributed by atoms with Crippen LogP contribution < -0.4 is 0 Å². The van der Waals surface area contributed by atoms with Gasteiger partial charge in [-0.2, -0.15) is 0 Å². The van der Waals surface area contributed by atoms with Crippen LogP contribution in [0.2, 0.25) is 0 Å². The van der Waals surface area contributed by atoms with Crippen molar-refractivity contribution in [3.05, 3.63) is 29.1 Å². The largest absolute Gasteiger partial charge is 0.466 e. The zero-order chi connectivity index (χ0) is 12.1. The summed E-state index contributed by atoms with van der Waals surface area (Å²) in [5.41, 5.74) is 0.384. The van der Waals surface area contributed by atoms with E-state index in [2.05, 4.69) is 4.98 Å². The normalized spacial score (nSPS) is 10.6. The molecule has 0 aromatic carbocycles. The monoisotopic (exact) mass is 229 g/mol. The van der Waals surface area contributed by atoms with Gasteiger partial charge in [-0.05, 0) is 25.5 Å². The smallest absolute Gasteiger partial charge is 0.310 e. The van der Waals surface area contributed by atoms with E-state index < -0.39 is 12.4 Å². The van der Waals surface area contributed by atoms with Crippen LogP contribution in [0.15, 0.2) is 12.1 Å². The molecule has 0 saturated heterocycles. The van der Waals surface area contributed by atoms with Crippen molar-refractivity contribution in [2.75, 3.05) is 6.61 Å². The van der Waals surface area contributed by atoms with Crippen molar-refractivity contribution in [2.45, 2.75) is 26.7 Å². The van der Waals surface area contributed by atoms with Crippen LogP contribution >= 0.6 is 0 Å². The van der Waals surface area contributed by atoms with E-state index in [0.717, 1.165) is 0 Å². The Morgan fingerprint density at radius 2 is 2.19 bits per heavy atom. The Bertz CT molecular complexity index is 380. The first-order valence-corrected chi connectivity index (χ1v) is 4.94. The van der Waals surface area contributed by atoms with E-state index in [1.54, 1.807) is 19.9 Å². The van der Waals surface area contributed by atoms with E-state index in [1.165, 1.54) is 6.07 Å². The van der Waals surface area contributed by atoms with Crippen LogP contribution in [0.25, 0.3) is 0 Å². The lowest BCUT2D eigenvalue weighted by atomic mass is 10.1. The Kier molecular flexibility index (Phi) is 4.34. The van der Waals surface area contributed by atoms with Gasteiger partial charge >= 0.3 is 5.97 Å². The van der Waals surface area contributed by atoms with Gasteiger partial charge < -0.3 is 4.74 Å². The second-order valence-corrected chi connectivity index (χ2v) is 3.28. The highest BCUT2D eigenvalue weighted by atomic mass is 19.3. The number of carbonyl (C=O) groups excluding carboxylic acids is 1. The number of alkyl halides is 2. The molecule has 1 rings (SSSR count). The number of rotatable bonds is 4. The third kappa shape index (κ3) is 3.25. The lowest BCUT2D eigenvalue weighted by Crippen LogP contribution is -2.10. The summed E-state index contributed by atoms with van der Waals surface area (Å²) >= 11 is 0. The summed E-state index contributed by atoms with van der Waals surface area (Å²) in [4.78, 5) is 14.9. The van der Waals surface area contributed by atoms with Crippen molar-refractivity contribution in [3.8, 4) is 0 Å². The van der Waals surface area contributed by atoms with Crippen LogP contribution in [0.4, 0.5) is 8.78 Å². The Labute approximate surface area is 92.4 Å². The maximum absolute atomic E-state index is 12.6. The summed E-state index contributed by atoms with van der Waals surface area (Å²) in [7, 11) is 0. The Morgan fingerprint density at radius 3 is 2.75 bits per heavy atom. The first-order chi connectivity index (χ1) is 7.54. The molecule has 0 fully saturated rings. The quantitative estimate of drug-likeness (QED) is 0.744. The van der Waals surface area contributed by atoms with Gasteiger partial charge in [-0.3, -0.25) is 9.78 Å². The molecule has 1 aromatic heterocycles. The molecule has 0 spiro atoms. The van der Waals surface area contributed by atoms with Crippen LogP contribution in [0.5, 0.6) is 0 Å². The second-order valence-electron chi connectivity index (χ2n) is 3.28. The molecule has 16 heavy (non-hydrogen) atoms. The Balaban J connectivity index is 2.90. The average Bonchev–Trinajstić information content (AvgIpc) is 2.20. The highest BCUT2D eigenvalue weighted by Crippen LogP contribution is 2.21. The minimum Gasteiger partial charge on any atom is -0.466 e. The Morgan fingerprint density at radius 1 is 1.50 bits per heavy atom. The van der Waals surface area contributed by atoms with Crippen molar-refractivity contribution in [2.24, 2.45) is 0 Å². The molecule has 0 aliphatic rings. The van der Waals surface area contributed by atoms with Crippen molar-refractivity contribution >= 4 is 5.97 Å². The first-order valence-electron chi connectivity index (χ1n) is 4.94. The standard InChI is InChI=1S/C11H13F2NO2/c1-3-16-9(15)6-8-5-4-7(2)14-10(8)11(12)13/h4-5,11H,3,6H2,1-2H3. The number of pyridine rings is 1. The van der Waals surface area contributed by atoms with Gasteiger partial charge in [-0.25, -0.2) is 8.78 Å². The van der Waals surface area contributed by atoms with Crippen molar-refractivity contribution in [3.63, 3.8) is 0 Å². The predicted octanol–water partition coefficient (Wildman–Crippen LogP) is 2.43. The molecule has 0 amide bonds. The average molecular weight is 229 g/mol. The number of aryl methyl sites for hydroxylation is 1. The summed E-state index contributed by atoms with van der Waals surface area (Å²) in [6.07, 6.45) is -2.84. The third-order valence-electron chi connectivity index (χ3n) is 2.00. The summed E-state index contributed by atoms with van der Waals surface area (Å²) in [6.45, 7) is 3.53. The Hall–Kier alpha value is -1.52. The number of ether oxygens (including phenoxy) is 1. The van der Waals surface area contributed by atoms with E-state index in [4.69, 9.17) is 4.74 Å². The highest BCUT2D eigenvalue weighted by Gasteiger charge is 2.17. The van der Waals surface area contributed by atoms with Crippen LogP contribution in [0.1, 0.15) is 30.3 Å². The van der Waals surface area contributed by atoms with Gasteiger partial charge in [0.15, 0.2) is 0 Å². The number of hydrogen-bond donors (Lipinski definition) is 0.